The Morgan fingerprint density at radius 2 is 1.72 bits per heavy atom. The molecule has 0 radical (unpaired) electrons. The van der Waals surface area contributed by atoms with Crippen LogP contribution in [0.1, 0.15) is 57.9 Å². The number of para-hydroxylation sites is 1. The van der Waals surface area contributed by atoms with Crippen LogP contribution >= 0.6 is 0 Å². The fourth-order valence-electron chi connectivity index (χ4n) is 3.70. The Morgan fingerprint density at radius 3 is 2.45 bits per heavy atom. The first-order valence-corrected chi connectivity index (χ1v) is 10.5. The van der Waals surface area contributed by atoms with E-state index in [1.54, 1.807) is 0 Å². The van der Waals surface area contributed by atoms with Gasteiger partial charge in [-0.15, -0.1) is 0 Å². The predicted molar refractivity (Wildman–Crippen MR) is 114 cm³/mol. The Balaban J connectivity index is 1.33. The highest BCUT2D eigenvalue weighted by Crippen LogP contribution is 2.44. The van der Waals surface area contributed by atoms with Crippen molar-refractivity contribution in [1.29, 1.82) is 0 Å². The van der Waals surface area contributed by atoms with Crippen LogP contribution in [0.5, 0.6) is 11.5 Å². The van der Waals surface area contributed by atoms with E-state index in [1.165, 1.54) is 18.4 Å². The fourth-order valence-corrected chi connectivity index (χ4v) is 3.70. The third kappa shape index (κ3) is 7.21. The van der Waals surface area contributed by atoms with Crippen molar-refractivity contribution < 1.29 is 19.0 Å². The lowest BCUT2D eigenvalue weighted by molar-refractivity contribution is -0.160. The van der Waals surface area contributed by atoms with Crippen LogP contribution in [0.25, 0.3) is 0 Å². The number of hydrogen-bond donors (Lipinski definition) is 0. The van der Waals surface area contributed by atoms with Gasteiger partial charge < -0.3 is 14.2 Å². The second-order valence-electron chi connectivity index (χ2n) is 8.80. The first-order valence-electron chi connectivity index (χ1n) is 10.5. The lowest BCUT2D eigenvalue weighted by atomic mass is 9.70. The minimum Gasteiger partial charge on any atom is -0.458 e. The monoisotopic (exact) mass is 396 g/mol. The average Bonchev–Trinajstić information content (AvgIpc) is 2.62. The summed E-state index contributed by atoms with van der Waals surface area (Å²) in [6, 6.07) is 18.3. The molecular formula is C25H32O4. The third-order valence-corrected chi connectivity index (χ3v) is 5.09. The van der Waals surface area contributed by atoms with Crippen LogP contribution in [0.15, 0.2) is 54.6 Å². The quantitative estimate of drug-likeness (QED) is 0.379. The van der Waals surface area contributed by atoms with Crippen molar-refractivity contribution >= 4 is 5.97 Å². The maximum absolute atomic E-state index is 11.6. The van der Waals surface area contributed by atoms with Crippen molar-refractivity contribution in [3.8, 4) is 11.5 Å². The van der Waals surface area contributed by atoms with Crippen molar-refractivity contribution in [2.45, 2.75) is 58.0 Å². The number of benzene rings is 2. The summed E-state index contributed by atoms with van der Waals surface area (Å²) in [4.78, 5) is 11.6. The largest absolute Gasteiger partial charge is 0.458 e. The van der Waals surface area contributed by atoms with E-state index < -0.39 is 5.60 Å². The van der Waals surface area contributed by atoms with Crippen LogP contribution < -0.4 is 4.74 Å². The fraction of sp³-hybridized carbons (Fsp3) is 0.480. The van der Waals surface area contributed by atoms with Crippen molar-refractivity contribution in [2.24, 2.45) is 5.92 Å². The lowest BCUT2D eigenvalue weighted by Gasteiger charge is -2.36. The van der Waals surface area contributed by atoms with Gasteiger partial charge in [-0.25, -0.2) is 4.79 Å². The molecule has 0 atom stereocenters. The number of carbonyl (C=O) groups is 1. The summed E-state index contributed by atoms with van der Waals surface area (Å²) in [7, 11) is 0. The molecule has 0 bridgehead atoms. The zero-order chi connectivity index (χ0) is 20.7. The van der Waals surface area contributed by atoms with E-state index in [2.05, 4.69) is 18.2 Å². The Morgan fingerprint density at radius 1 is 1.00 bits per heavy atom. The van der Waals surface area contributed by atoms with Crippen LogP contribution in [0.4, 0.5) is 0 Å². The van der Waals surface area contributed by atoms with Crippen LogP contribution in [-0.2, 0) is 14.3 Å². The molecule has 4 nitrogen and oxygen atoms in total. The number of ether oxygens (including phenoxy) is 3. The molecule has 0 N–H and O–H groups in total. The van der Waals surface area contributed by atoms with Crippen LogP contribution in [-0.4, -0.2) is 24.8 Å². The second kappa shape index (κ2) is 9.93. The lowest BCUT2D eigenvalue weighted by Crippen LogP contribution is -2.26. The summed E-state index contributed by atoms with van der Waals surface area (Å²) in [5, 5.41) is 0. The summed E-state index contributed by atoms with van der Waals surface area (Å²) in [5.41, 5.74) is 0.904. The minimum atomic E-state index is -0.454. The molecule has 29 heavy (non-hydrogen) atoms. The summed E-state index contributed by atoms with van der Waals surface area (Å²) in [5.74, 6) is 2.82. The van der Waals surface area contributed by atoms with E-state index in [9.17, 15) is 4.79 Å². The van der Waals surface area contributed by atoms with Gasteiger partial charge in [0.05, 0.1) is 0 Å². The molecule has 2 aromatic carbocycles. The Kier molecular flexibility index (Phi) is 7.32. The molecule has 1 aliphatic carbocycles. The number of esters is 1. The first-order chi connectivity index (χ1) is 13.9. The van der Waals surface area contributed by atoms with Crippen molar-refractivity contribution in [1.82, 2.24) is 0 Å². The predicted octanol–water partition coefficient (Wildman–Crippen LogP) is 6.11. The van der Waals surface area contributed by atoms with E-state index in [-0.39, 0.29) is 12.6 Å². The van der Waals surface area contributed by atoms with E-state index in [4.69, 9.17) is 14.2 Å². The Labute approximate surface area is 174 Å². The van der Waals surface area contributed by atoms with Gasteiger partial charge in [-0.05, 0) is 88.1 Å². The highest BCUT2D eigenvalue weighted by atomic mass is 16.6. The molecule has 1 fully saturated rings. The maximum Gasteiger partial charge on any atom is 0.332 e. The zero-order valence-electron chi connectivity index (χ0n) is 17.7. The van der Waals surface area contributed by atoms with Gasteiger partial charge >= 0.3 is 5.97 Å². The maximum atomic E-state index is 11.6. The first kappa shape index (κ1) is 21.4. The topological polar surface area (TPSA) is 44.8 Å². The molecule has 0 spiro atoms. The summed E-state index contributed by atoms with van der Waals surface area (Å²) >= 11 is 0. The molecule has 0 unspecified atom stereocenters. The molecular weight excluding hydrogens is 364 g/mol. The molecule has 4 heteroatoms. The summed E-state index contributed by atoms with van der Waals surface area (Å²) in [6.07, 6.45) is 4.55. The normalized spacial score (nSPS) is 18.7. The standard InChI is InChI=1S/C25H32O4/c1-25(2,3)29-24(26)18-27-14-8-9-19-15-21(16-19)20-10-7-13-23(17-20)28-22-11-5-4-6-12-22/h4-7,10-13,17,19,21H,8-9,14-16,18H2,1-3H3/t19-,21+. The molecule has 1 saturated carbocycles. The van der Waals surface area contributed by atoms with Crippen molar-refractivity contribution in [2.75, 3.05) is 13.2 Å². The molecule has 0 heterocycles. The van der Waals surface area contributed by atoms with Gasteiger partial charge in [-0.3, -0.25) is 0 Å². The van der Waals surface area contributed by atoms with Gasteiger partial charge in [0.1, 0.15) is 23.7 Å². The molecule has 0 aliphatic heterocycles. The average molecular weight is 397 g/mol. The van der Waals surface area contributed by atoms with E-state index in [0.29, 0.717) is 12.5 Å². The summed E-state index contributed by atoms with van der Waals surface area (Å²) < 4.78 is 16.6. The minimum absolute atomic E-state index is 0.0404. The Hall–Kier alpha value is -2.33. The number of hydrogen-bond acceptors (Lipinski definition) is 4. The van der Waals surface area contributed by atoms with Crippen LogP contribution in [0.3, 0.4) is 0 Å². The molecule has 0 aromatic heterocycles. The molecule has 3 rings (SSSR count). The number of rotatable bonds is 9. The molecule has 0 saturated heterocycles. The van der Waals surface area contributed by atoms with Gasteiger partial charge in [0, 0.05) is 6.61 Å². The third-order valence-electron chi connectivity index (χ3n) is 5.09. The SMILES string of the molecule is CC(C)(C)OC(=O)COCCC[C@H]1C[C@@H](c2cccc(Oc3ccccc3)c2)C1. The zero-order valence-corrected chi connectivity index (χ0v) is 17.7. The van der Waals surface area contributed by atoms with E-state index in [0.717, 1.165) is 30.3 Å². The van der Waals surface area contributed by atoms with Gasteiger partial charge in [-0.1, -0.05) is 30.3 Å². The number of carbonyl (C=O) groups excluding carboxylic acids is 1. The highest BCUT2D eigenvalue weighted by Gasteiger charge is 2.30. The molecule has 156 valence electrons. The molecule has 1 aliphatic rings. The van der Waals surface area contributed by atoms with Crippen molar-refractivity contribution in [3.63, 3.8) is 0 Å². The molecule has 0 amide bonds. The van der Waals surface area contributed by atoms with Gasteiger partial charge in [-0.2, -0.15) is 0 Å². The summed E-state index contributed by atoms with van der Waals surface area (Å²) in [6.45, 7) is 6.24. The van der Waals surface area contributed by atoms with Gasteiger partial charge in [0.2, 0.25) is 0 Å². The highest BCUT2D eigenvalue weighted by molar-refractivity contribution is 5.71. The van der Waals surface area contributed by atoms with Gasteiger partial charge in [0.15, 0.2) is 0 Å². The Bertz CT molecular complexity index is 773. The van der Waals surface area contributed by atoms with Crippen LogP contribution in [0.2, 0.25) is 0 Å². The second-order valence-corrected chi connectivity index (χ2v) is 8.80. The van der Waals surface area contributed by atoms with Gasteiger partial charge in [0.25, 0.3) is 0 Å². The van der Waals surface area contributed by atoms with Crippen molar-refractivity contribution in [3.05, 3.63) is 60.2 Å². The van der Waals surface area contributed by atoms with E-state index in [1.807, 2.05) is 57.2 Å². The molecule has 2 aromatic rings. The van der Waals surface area contributed by atoms with Crippen LogP contribution in [0, 0.1) is 5.92 Å². The smallest absolute Gasteiger partial charge is 0.332 e. The van der Waals surface area contributed by atoms with E-state index >= 15 is 0 Å².